The Morgan fingerprint density at radius 3 is 2.83 bits per heavy atom. The normalized spacial score (nSPS) is 19.9. The van der Waals surface area contributed by atoms with Gasteiger partial charge in [-0.3, -0.25) is 9.78 Å². The van der Waals surface area contributed by atoms with Crippen LogP contribution >= 0.6 is 0 Å². The van der Waals surface area contributed by atoms with Crippen molar-refractivity contribution in [3.63, 3.8) is 0 Å². The lowest BCUT2D eigenvalue weighted by Crippen LogP contribution is -2.41. The van der Waals surface area contributed by atoms with Crippen molar-refractivity contribution in [2.24, 2.45) is 5.92 Å². The number of ether oxygens (including phenoxy) is 2. The molecule has 24 heavy (non-hydrogen) atoms. The van der Waals surface area contributed by atoms with E-state index in [1.54, 1.807) is 19.5 Å². The molecule has 2 aromatic rings. The number of rotatable bonds is 5. The number of amides is 1. The van der Waals surface area contributed by atoms with E-state index in [1.165, 1.54) is 5.56 Å². The zero-order valence-electron chi connectivity index (χ0n) is 14.0. The molecule has 126 valence electrons. The maximum atomic E-state index is 12.7. The van der Waals surface area contributed by atoms with Crippen LogP contribution in [-0.4, -0.2) is 37.3 Å². The average molecular weight is 326 g/mol. The molecule has 5 heteroatoms. The van der Waals surface area contributed by atoms with Gasteiger partial charge in [-0.2, -0.15) is 0 Å². The molecule has 0 spiro atoms. The first kappa shape index (κ1) is 16.5. The van der Waals surface area contributed by atoms with Crippen LogP contribution in [0.1, 0.15) is 21.5 Å². The van der Waals surface area contributed by atoms with Gasteiger partial charge in [0.2, 0.25) is 0 Å². The molecule has 1 amide bonds. The predicted octanol–water partition coefficient (Wildman–Crippen LogP) is 2.39. The van der Waals surface area contributed by atoms with E-state index in [2.05, 4.69) is 10.3 Å². The van der Waals surface area contributed by atoms with Gasteiger partial charge in [0, 0.05) is 18.3 Å². The van der Waals surface area contributed by atoms with Crippen molar-refractivity contribution in [1.29, 1.82) is 0 Å². The highest BCUT2D eigenvalue weighted by Gasteiger charge is 2.30. The molecule has 2 heterocycles. The Labute approximate surface area is 142 Å². The van der Waals surface area contributed by atoms with Crippen LogP contribution in [0, 0.1) is 12.8 Å². The summed E-state index contributed by atoms with van der Waals surface area (Å²) in [6.07, 6.45) is 4.44. The smallest absolute Gasteiger partial charge is 0.255 e. The van der Waals surface area contributed by atoms with Crippen molar-refractivity contribution in [2.75, 3.05) is 20.3 Å². The molecule has 1 aromatic carbocycles. The Kier molecular flexibility index (Phi) is 5.11. The van der Waals surface area contributed by atoms with E-state index in [4.69, 9.17) is 9.47 Å². The zero-order valence-corrected chi connectivity index (χ0v) is 14.0. The number of carbonyl (C=O) groups excluding carboxylic acids is 1. The number of pyridine rings is 1. The van der Waals surface area contributed by atoms with Crippen molar-refractivity contribution in [3.05, 3.63) is 59.4 Å². The van der Waals surface area contributed by atoms with E-state index in [1.807, 2.05) is 37.3 Å². The number of aryl methyl sites for hydroxylation is 1. The summed E-state index contributed by atoms with van der Waals surface area (Å²) < 4.78 is 10.9. The highest BCUT2D eigenvalue weighted by Crippen LogP contribution is 2.24. The van der Waals surface area contributed by atoms with Gasteiger partial charge in [0.15, 0.2) is 0 Å². The average Bonchev–Trinajstić information content (AvgIpc) is 3.02. The van der Waals surface area contributed by atoms with Crippen molar-refractivity contribution in [1.82, 2.24) is 10.3 Å². The molecule has 5 nitrogen and oxygen atoms in total. The number of hydrogen-bond acceptors (Lipinski definition) is 4. The molecule has 2 atom stereocenters. The Morgan fingerprint density at radius 1 is 1.29 bits per heavy atom. The molecular weight excluding hydrogens is 304 g/mol. The third-order valence-corrected chi connectivity index (χ3v) is 4.44. The summed E-state index contributed by atoms with van der Waals surface area (Å²) >= 11 is 0. The van der Waals surface area contributed by atoms with E-state index < -0.39 is 0 Å². The highest BCUT2D eigenvalue weighted by molar-refractivity contribution is 5.98. The Morgan fingerprint density at radius 2 is 2.08 bits per heavy atom. The van der Waals surface area contributed by atoms with Gasteiger partial charge in [-0.05, 0) is 42.7 Å². The molecule has 0 aliphatic carbocycles. The van der Waals surface area contributed by atoms with Crippen molar-refractivity contribution < 1.29 is 14.3 Å². The van der Waals surface area contributed by atoms with Gasteiger partial charge in [0.25, 0.3) is 5.91 Å². The van der Waals surface area contributed by atoms with Gasteiger partial charge in [0.1, 0.15) is 5.75 Å². The van der Waals surface area contributed by atoms with Crippen LogP contribution in [-0.2, 0) is 11.2 Å². The largest absolute Gasteiger partial charge is 0.496 e. The van der Waals surface area contributed by atoms with Gasteiger partial charge >= 0.3 is 0 Å². The lowest BCUT2D eigenvalue weighted by molar-refractivity contribution is 0.0921. The Bertz CT molecular complexity index is 703. The van der Waals surface area contributed by atoms with Crippen molar-refractivity contribution >= 4 is 5.91 Å². The fraction of sp³-hybridized carbons (Fsp3) is 0.368. The summed E-state index contributed by atoms with van der Waals surface area (Å²) in [5.41, 5.74) is 2.69. The van der Waals surface area contributed by atoms with E-state index in [0.717, 1.165) is 12.0 Å². The minimum atomic E-state index is -0.111. The number of nitrogens with zero attached hydrogens (tertiary/aromatic N) is 1. The van der Waals surface area contributed by atoms with Crippen molar-refractivity contribution in [2.45, 2.75) is 19.4 Å². The third kappa shape index (κ3) is 3.57. The molecule has 1 saturated heterocycles. The van der Waals surface area contributed by atoms with Crippen LogP contribution in [0.4, 0.5) is 0 Å². The van der Waals surface area contributed by atoms with E-state index in [0.29, 0.717) is 24.5 Å². The second-order valence-electron chi connectivity index (χ2n) is 6.09. The van der Waals surface area contributed by atoms with Crippen LogP contribution in [0.5, 0.6) is 5.75 Å². The third-order valence-electron chi connectivity index (χ3n) is 4.44. The first-order chi connectivity index (χ1) is 11.7. The quantitative estimate of drug-likeness (QED) is 0.916. The zero-order chi connectivity index (χ0) is 16.9. The second kappa shape index (κ2) is 7.45. The standard InChI is InChI=1S/C19H22N2O3/c1-13-4-3-5-17(23-2)18(13)19(22)21-16-12-24-11-15(16)10-14-6-8-20-9-7-14/h3-9,15-16H,10-12H2,1-2H3,(H,21,22). The fourth-order valence-electron chi connectivity index (χ4n) is 3.12. The number of benzene rings is 1. The molecule has 1 fully saturated rings. The molecular formula is C19H22N2O3. The number of carbonyl (C=O) groups is 1. The lowest BCUT2D eigenvalue weighted by Gasteiger charge is -2.20. The van der Waals surface area contributed by atoms with Crippen molar-refractivity contribution in [3.8, 4) is 5.75 Å². The van der Waals surface area contributed by atoms with E-state index >= 15 is 0 Å². The molecule has 2 unspecified atom stereocenters. The monoisotopic (exact) mass is 326 g/mol. The van der Waals surface area contributed by atoms with Gasteiger partial charge in [0.05, 0.1) is 31.9 Å². The molecule has 1 aliphatic rings. The number of methoxy groups -OCH3 is 1. The van der Waals surface area contributed by atoms with Crippen LogP contribution in [0.3, 0.4) is 0 Å². The minimum absolute atomic E-state index is 0.00465. The molecule has 0 bridgehead atoms. The predicted molar refractivity (Wildman–Crippen MR) is 91.2 cm³/mol. The highest BCUT2D eigenvalue weighted by atomic mass is 16.5. The van der Waals surface area contributed by atoms with Crippen LogP contribution in [0.25, 0.3) is 0 Å². The second-order valence-corrected chi connectivity index (χ2v) is 6.09. The Balaban J connectivity index is 1.72. The summed E-state index contributed by atoms with van der Waals surface area (Å²) in [6.45, 7) is 3.10. The first-order valence-electron chi connectivity index (χ1n) is 8.10. The SMILES string of the molecule is COc1cccc(C)c1C(=O)NC1COCC1Cc1ccncc1. The van der Waals surface area contributed by atoms with Crippen LogP contribution in [0.2, 0.25) is 0 Å². The summed E-state index contributed by atoms with van der Waals surface area (Å²) in [5.74, 6) is 0.739. The first-order valence-corrected chi connectivity index (χ1v) is 8.10. The minimum Gasteiger partial charge on any atom is -0.496 e. The molecule has 0 saturated carbocycles. The van der Waals surface area contributed by atoms with Crippen LogP contribution in [0.15, 0.2) is 42.7 Å². The molecule has 0 radical (unpaired) electrons. The van der Waals surface area contributed by atoms with Gasteiger partial charge in [-0.1, -0.05) is 12.1 Å². The molecule has 1 N–H and O–H groups in total. The van der Waals surface area contributed by atoms with Gasteiger partial charge in [-0.25, -0.2) is 0 Å². The summed E-state index contributed by atoms with van der Waals surface area (Å²) in [6, 6.07) is 9.60. The maximum Gasteiger partial charge on any atom is 0.255 e. The lowest BCUT2D eigenvalue weighted by atomic mass is 9.95. The topological polar surface area (TPSA) is 60.5 Å². The summed E-state index contributed by atoms with van der Waals surface area (Å²) in [5, 5.41) is 3.12. The summed E-state index contributed by atoms with van der Waals surface area (Å²) in [7, 11) is 1.58. The molecule has 3 rings (SSSR count). The number of hydrogen-bond donors (Lipinski definition) is 1. The Hall–Kier alpha value is -2.40. The number of nitrogens with one attached hydrogen (secondary N) is 1. The number of aromatic nitrogens is 1. The fourth-order valence-corrected chi connectivity index (χ4v) is 3.12. The van der Waals surface area contributed by atoms with E-state index in [-0.39, 0.29) is 17.9 Å². The molecule has 1 aromatic heterocycles. The summed E-state index contributed by atoms with van der Waals surface area (Å²) in [4.78, 5) is 16.8. The van der Waals surface area contributed by atoms with Gasteiger partial charge in [-0.15, -0.1) is 0 Å². The van der Waals surface area contributed by atoms with Crippen LogP contribution < -0.4 is 10.1 Å². The molecule has 1 aliphatic heterocycles. The van der Waals surface area contributed by atoms with Gasteiger partial charge < -0.3 is 14.8 Å². The van der Waals surface area contributed by atoms with E-state index in [9.17, 15) is 4.79 Å². The maximum absolute atomic E-state index is 12.7.